The fourth-order valence-electron chi connectivity index (χ4n) is 2.89. The van der Waals surface area contributed by atoms with Gasteiger partial charge in [0.25, 0.3) is 5.56 Å². The molecule has 8 heteroatoms. The minimum absolute atomic E-state index is 0.101. The highest BCUT2D eigenvalue weighted by Crippen LogP contribution is 2.26. The number of nitrogens with zero attached hydrogens (tertiary/aromatic N) is 1. The van der Waals surface area contributed by atoms with Crippen LogP contribution in [0.25, 0.3) is 22.0 Å². The molecule has 0 aliphatic carbocycles. The van der Waals surface area contributed by atoms with Crippen molar-refractivity contribution in [2.45, 2.75) is 32.8 Å². The highest BCUT2D eigenvalue weighted by atomic mass is 16.6. The number of anilines is 1. The standard InChI is InChI=1S/C22H24N4O4/c1-22(2,3)30-21(29)23-12-11-18(27)24-15-8-6-7-14(13-15)19-16-9-4-5-10-17(16)20(28)26-25-19/h4-10,13H,11-12H2,1-3H3,(H,23,29)(H,24,27)(H,26,28). The molecule has 2 amide bonds. The Bertz CT molecular complexity index is 1130. The second-order valence-corrected chi connectivity index (χ2v) is 7.75. The van der Waals surface area contributed by atoms with E-state index < -0.39 is 11.7 Å². The number of ether oxygens (including phenoxy) is 1. The first-order valence-corrected chi connectivity index (χ1v) is 9.57. The minimum Gasteiger partial charge on any atom is -0.444 e. The molecule has 3 N–H and O–H groups in total. The van der Waals surface area contributed by atoms with Crippen LogP contribution < -0.4 is 16.2 Å². The van der Waals surface area contributed by atoms with Gasteiger partial charge in [-0.25, -0.2) is 9.89 Å². The van der Waals surface area contributed by atoms with E-state index in [9.17, 15) is 14.4 Å². The van der Waals surface area contributed by atoms with Crippen LogP contribution in [0.5, 0.6) is 0 Å². The topological polar surface area (TPSA) is 113 Å². The lowest BCUT2D eigenvalue weighted by atomic mass is 10.0. The van der Waals surface area contributed by atoms with Crippen LogP contribution in [-0.2, 0) is 9.53 Å². The molecular weight excluding hydrogens is 384 g/mol. The van der Waals surface area contributed by atoms with Crippen LogP contribution in [0, 0.1) is 0 Å². The first kappa shape index (κ1) is 21.0. The van der Waals surface area contributed by atoms with E-state index in [0.29, 0.717) is 16.8 Å². The maximum absolute atomic E-state index is 12.2. The van der Waals surface area contributed by atoms with Gasteiger partial charge in [-0.05, 0) is 39.0 Å². The summed E-state index contributed by atoms with van der Waals surface area (Å²) >= 11 is 0. The Morgan fingerprint density at radius 3 is 2.53 bits per heavy atom. The Kier molecular flexibility index (Phi) is 6.15. The van der Waals surface area contributed by atoms with Gasteiger partial charge in [0.1, 0.15) is 5.60 Å². The number of aromatic nitrogens is 2. The van der Waals surface area contributed by atoms with Crippen molar-refractivity contribution in [2.24, 2.45) is 0 Å². The van der Waals surface area contributed by atoms with Crippen molar-refractivity contribution in [1.29, 1.82) is 0 Å². The largest absolute Gasteiger partial charge is 0.444 e. The van der Waals surface area contributed by atoms with Gasteiger partial charge in [0.15, 0.2) is 0 Å². The summed E-state index contributed by atoms with van der Waals surface area (Å²) in [6.45, 7) is 5.47. The summed E-state index contributed by atoms with van der Waals surface area (Å²) in [5, 5.41) is 13.3. The molecule has 1 aromatic heterocycles. The van der Waals surface area contributed by atoms with Crippen LogP contribution in [-0.4, -0.2) is 34.3 Å². The number of benzene rings is 2. The van der Waals surface area contributed by atoms with Crippen molar-refractivity contribution in [1.82, 2.24) is 15.5 Å². The number of hydrogen-bond donors (Lipinski definition) is 3. The number of carbonyl (C=O) groups excluding carboxylic acids is 2. The van der Waals surface area contributed by atoms with Gasteiger partial charge in [0.05, 0.1) is 11.1 Å². The maximum Gasteiger partial charge on any atom is 0.407 e. The maximum atomic E-state index is 12.2. The normalized spacial score (nSPS) is 11.2. The molecular formula is C22H24N4O4. The molecule has 156 valence electrons. The van der Waals surface area contributed by atoms with Crippen molar-refractivity contribution in [3.05, 3.63) is 58.9 Å². The predicted molar refractivity (Wildman–Crippen MR) is 115 cm³/mol. The molecule has 0 spiro atoms. The molecule has 8 nitrogen and oxygen atoms in total. The summed E-state index contributed by atoms with van der Waals surface area (Å²) in [5.74, 6) is -0.248. The van der Waals surface area contributed by atoms with E-state index in [1.807, 2.05) is 18.2 Å². The van der Waals surface area contributed by atoms with Crippen molar-refractivity contribution in [3.63, 3.8) is 0 Å². The zero-order chi connectivity index (χ0) is 21.7. The molecule has 3 rings (SSSR count). The summed E-state index contributed by atoms with van der Waals surface area (Å²) in [7, 11) is 0. The monoisotopic (exact) mass is 408 g/mol. The Labute approximate surface area is 173 Å². The van der Waals surface area contributed by atoms with Gasteiger partial charge < -0.3 is 15.4 Å². The van der Waals surface area contributed by atoms with Gasteiger partial charge in [0, 0.05) is 29.6 Å². The summed E-state index contributed by atoms with van der Waals surface area (Å²) in [6, 6.07) is 14.4. The van der Waals surface area contributed by atoms with Crippen LogP contribution in [0.2, 0.25) is 0 Å². The molecule has 1 heterocycles. The number of H-pyrrole nitrogens is 1. The zero-order valence-corrected chi connectivity index (χ0v) is 17.1. The third-order valence-corrected chi connectivity index (χ3v) is 4.14. The molecule has 0 radical (unpaired) electrons. The van der Waals surface area contributed by atoms with Crippen molar-refractivity contribution in [2.75, 3.05) is 11.9 Å². The van der Waals surface area contributed by atoms with Gasteiger partial charge >= 0.3 is 6.09 Å². The molecule has 0 bridgehead atoms. The highest BCUT2D eigenvalue weighted by molar-refractivity contribution is 5.95. The predicted octanol–water partition coefficient (Wildman–Crippen LogP) is 3.44. The molecule has 3 aromatic rings. The van der Waals surface area contributed by atoms with E-state index in [-0.39, 0.29) is 24.4 Å². The van der Waals surface area contributed by atoms with Gasteiger partial charge in [-0.15, -0.1) is 0 Å². The van der Waals surface area contributed by atoms with Gasteiger partial charge in [-0.2, -0.15) is 5.10 Å². The lowest BCUT2D eigenvalue weighted by Gasteiger charge is -2.19. The van der Waals surface area contributed by atoms with E-state index in [0.717, 1.165) is 10.9 Å². The number of nitrogens with one attached hydrogen (secondary N) is 3. The van der Waals surface area contributed by atoms with Crippen LogP contribution in [0.1, 0.15) is 27.2 Å². The smallest absolute Gasteiger partial charge is 0.407 e. The van der Waals surface area contributed by atoms with Crippen LogP contribution in [0.15, 0.2) is 53.3 Å². The van der Waals surface area contributed by atoms with Gasteiger partial charge in [-0.1, -0.05) is 30.3 Å². The Morgan fingerprint density at radius 2 is 1.80 bits per heavy atom. The second kappa shape index (κ2) is 8.77. The summed E-state index contributed by atoms with van der Waals surface area (Å²) in [4.78, 5) is 35.8. The van der Waals surface area contributed by atoms with Gasteiger partial charge in [-0.3, -0.25) is 9.59 Å². The molecule has 2 aromatic carbocycles. The van der Waals surface area contributed by atoms with E-state index >= 15 is 0 Å². The number of aromatic amines is 1. The average molecular weight is 408 g/mol. The third kappa shape index (κ3) is 5.44. The number of alkyl carbamates (subject to hydrolysis) is 1. The van der Waals surface area contributed by atoms with Crippen LogP contribution in [0.4, 0.5) is 10.5 Å². The number of hydrogen-bond acceptors (Lipinski definition) is 5. The molecule has 0 atom stereocenters. The van der Waals surface area contributed by atoms with Crippen molar-refractivity contribution >= 4 is 28.5 Å². The molecule has 0 saturated heterocycles. The van der Waals surface area contributed by atoms with E-state index in [1.165, 1.54) is 0 Å². The fourth-order valence-corrected chi connectivity index (χ4v) is 2.89. The molecule has 0 fully saturated rings. The molecule has 0 aliphatic rings. The molecule has 0 saturated carbocycles. The second-order valence-electron chi connectivity index (χ2n) is 7.75. The van der Waals surface area contributed by atoms with E-state index in [2.05, 4.69) is 20.8 Å². The lowest BCUT2D eigenvalue weighted by Crippen LogP contribution is -2.34. The summed E-state index contributed by atoms with van der Waals surface area (Å²) < 4.78 is 5.13. The van der Waals surface area contributed by atoms with Crippen LogP contribution >= 0.6 is 0 Å². The number of carbonyl (C=O) groups is 2. The van der Waals surface area contributed by atoms with Crippen molar-refractivity contribution < 1.29 is 14.3 Å². The fraction of sp³-hybridized carbons (Fsp3) is 0.273. The number of amides is 2. The zero-order valence-electron chi connectivity index (χ0n) is 17.1. The molecule has 30 heavy (non-hydrogen) atoms. The quantitative estimate of drug-likeness (QED) is 0.598. The van der Waals surface area contributed by atoms with Crippen molar-refractivity contribution in [3.8, 4) is 11.3 Å². The first-order chi connectivity index (χ1) is 14.2. The average Bonchev–Trinajstić information content (AvgIpc) is 2.67. The Hall–Kier alpha value is -3.68. The van der Waals surface area contributed by atoms with Gasteiger partial charge in [0.2, 0.25) is 5.91 Å². The minimum atomic E-state index is -0.591. The van der Waals surface area contributed by atoms with E-state index in [1.54, 1.807) is 51.1 Å². The summed E-state index contributed by atoms with van der Waals surface area (Å²) in [6.07, 6.45) is -0.461. The SMILES string of the molecule is CC(C)(C)OC(=O)NCCC(=O)Nc1cccc(-c2n[nH]c(=O)c3ccccc23)c1. The highest BCUT2D eigenvalue weighted by Gasteiger charge is 2.16. The molecule has 0 unspecified atom stereocenters. The molecule has 0 aliphatic heterocycles. The van der Waals surface area contributed by atoms with E-state index in [4.69, 9.17) is 4.74 Å². The third-order valence-electron chi connectivity index (χ3n) is 4.14. The Balaban J connectivity index is 1.67. The number of fused-ring (bicyclic) bond motifs is 1. The lowest BCUT2D eigenvalue weighted by molar-refractivity contribution is -0.116. The number of rotatable bonds is 5. The van der Waals surface area contributed by atoms with Crippen LogP contribution in [0.3, 0.4) is 0 Å². The first-order valence-electron chi connectivity index (χ1n) is 9.57. The Morgan fingerprint density at radius 1 is 1.07 bits per heavy atom. The summed E-state index contributed by atoms with van der Waals surface area (Å²) in [5.41, 5.74) is 1.12.